The van der Waals surface area contributed by atoms with E-state index in [1.165, 1.54) is 0 Å². The Labute approximate surface area is 150 Å². The number of hydrogen-bond donors (Lipinski definition) is 0. The highest BCUT2D eigenvalue weighted by atomic mass is 32.2. The molecule has 2 aliphatic rings. The largest absolute Gasteiger partial charge is 0.354 e. The van der Waals surface area contributed by atoms with E-state index < -0.39 is 22.3 Å². The third-order valence-corrected chi connectivity index (χ3v) is 7.04. The molecule has 1 atom stereocenters. The molecule has 0 amide bonds. The van der Waals surface area contributed by atoms with Crippen LogP contribution in [-0.4, -0.2) is 54.1 Å². The van der Waals surface area contributed by atoms with E-state index in [4.69, 9.17) is 0 Å². The van der Waals surface area contributed by atoms with Gasteiger partial charge in [0.1, 0.15) is 5.82 Å². The minimum atomic E-state index is -3.20. The molecule has 2 aliphatic heterocycles. The second-order valence-electron chi connectivity index (χ2n) is 6.75. The molecule has 0 bridgehead atoms. The van der Waals surface area contributed by atoms with Crippen molar-refractivity contribution >= 4 is 26.7 Å². The normalized spacial score (nSPS) is 23.8. The molecule has 2 saturated heterocycles. The van der Waals surface area contributed by atoms with Crippen molar-refractivity contribution in [2.45, 2.75) is 31.7 Å². The van der Waals surface area contributed by atoms with Crippen molar-refractivity contribution in [1.82, 2.24) is 14.3 Å². The molecule has 0 N–H and O–H groups in total. The van der Waals surface area contributed by atoms with Crippen LogP contribution in [0.3, 0.4) is 0 Å². The third kappa shape index (κ3) is 3.14. The molecule has 2 fully saturated rings. The summed E-state index contributed by atoms with van der Waals surface area (Å²) >= 11 is 0. The molecular formula is C17H20F2N4O2S. The summed E-state index contributed by atoms with van der Waals surface area (Å²) in [6, 6.07) is 6.95. The summed E-state index contributed by atoms with van der Waals surface area (Å²) in [4.78, 5) is 10.0. The SMILES string of the molecule is O=S1(=O)CCCN1C1CCCN(c2nc(C(F)F)nc3ccccc23)C1. The predicted molar refractivity (Wildman–Crippen MR) is 94.8 cm³/mol. The smallest absolute Gasteiger partial charge is 0.297 e. The van der Waals surface area contributed by atoms with E-state index in [0.717, 1.165) is 12.8 Å². The van der Waals surface area contributed by atoms with Gasteiger partial charge in [-0.2, -0.15) is 4.31 Å². The molecular weight excluding hydrogens is 362 g/mol. The number of rotatable bonds is 3. The van der Waals surface area contributed by atoms with Crippen LogP contribution in [-0.2, 0) is 10.0 Å². The number of benzene rings is 1. The van der Waals surface area contributed by atoms with Crippen molar-refractivity contribution in [2.24, 2.45) is 0 Å². The van der Waals surface area contributed by atoms with Crippen LogP contribution in [0.15, 0.2) is 24.3 Å². The average molecular weight is 382 g/mol. The first-order valence-electron chi connectivity index (χ1n) is 8.75. The van der Waals surface area contributed by atoms with Gasteiger partial charge in [0.25, 0.3) is 6.43 Å². The van der Waals surface area contributed by atoms with Crippen LogP contribution in [0.25, 0.3) is 10.9 Å². The van der Waals surface area contributed by atoms with E-state index in [-0.39, 0.29) is 11.8 Å². The molecule has 1 unspecified atom stereocenters. The van der Waals surface area contributed by atoms with E-state index in [9.17, 15) is 17.2 Å². The first kappa shape index (κ1) is 17.5. The molecule has 4 rings (SSSR count). The molecule has 0 saturated carbocycles. The van der Waals surface area contributed by atoms with Crippen LogP contribution in [0.4, 0.5) is 14.6 Å². The lowest BCUT2D eigenvalue weighted by molar-refractivity contribution is 0.141. The zero-order valence-corrected chi connectivity index (χ0v) is 15.0. The van der Waals surface area contributed by atoms with E-state index in [1.54, 1.807) is 16.4 Å². The van der Waals surface area contributed by atoms with Crippen molar-refractivity contribution in [3.05, 3.63) is 30.1 Å². The standard InChI is InChI=1S/C17H20F2N4O2S/c18-15(19)16-20-14-7-2-1-6-13(14)17(21-16)22-8-3-5-12(11-22)23-9-4-10-26(23,24)25/h1-2,6-7,12,15H,3-5,8-11H2. The Bertz CT molecular complexity index is 922. The second-order valence-corrected chi connectivity index (χ2v) is 8.79. The quantitative estimate of drug-likeness (QED) is 0.816. The lowest BCUT2D eigenvalue weighted by Crippen LogP contribution is -2.48. The summed E-state index contributed by atoms with van der Waals surface area (Å²) in [5.41, 5.74) is 0.476. The number of sulfonamides is 1. The number of nitrogens with zero attached hydrogens (tertiary/aromatic N) is 4. The molecule has 140 valence electrons. The van der Waals surface area contributed by atoms with Gasteiger partial charge in [-0.1, -0.05) is 12.1 Å². The van der Waals surface area contributed by atoms with Gasteiger partial charge in [-0.25, -0.2) is 27.2 Å². The molecule has 0 spiro atoms. The van der Waals surface area contributed by atoms with Crippen LogP contribution in [0.2, 0.25) is 0 Å². The van der Waals surface area contributed by atoms with E-state index in [2.05, 4.69) is 9.97 Å². The summed E-state index contributed by atoms with van der Waals surface area (Å²) in [7, 11) is -3.20. The van der Waals surface area contributed by atoms with Gasteiger partial charge in [-0.05, 0) is 31.4 Å². The van der Waals surface area contributed by atoms with Crippen molar-refractivity contribution in [3.63, 3.8) is 0 Å². The van der Waals surface area contributed by atoms with Crippen molar-refractivity contribution < 1.29 is 17.2 Å². The maximum absolute atomic E-state index is 13.2. The van der Waals surface area contributed by atoms with E-state index in [0.29, 0.717) is 42.8 Å². The summed E-state index contributed by atoms with van der Waals surface area (Å²) in [5.74, 6) is 0.164. The number of fused-ring (bicyclic) bond motifs is 1. The van der Waals surface area contributed by atoms with Gasteiger partial charge < -0.3 is 4.90 Å². The van der Waals surface area contributed by atoms with Crippen LogP contribution < -0.4 is 4.90 Å². The number of halogens is 2. The fraction of sp³-hybridized carbons (Fsp3) is 0.529. The molecule has 6 nitrogen and oxygen atoms in total. The average Bonchev–Trinajstić information content (AvgIpc) is 3.00. The second kappa shape index (κ2) is 6.70. The van der Waals surface area contributed by atoms with Crippen molar-refractivity contribution in [2.75, 3.05) is 30.3 Å². The van der Waals surface area contributed by atoms with Gasteiger partial charge in [0.15, 0.2) is 5.82 Å². The first-order chi connectivity index (χ1) is 12.5. The Balaban J connectivity index is 1.70. The Morgan fingerprint density at radius 2 is 1.92 bits per heavy atom. The van der Waals surface area contributed by atoms with Gasteiger partial charge >= 0.3 is 0 Å². The summed E-state index contributed by atoms with van der Waals surface area (Å²) in [6.07, 6.45) is -0.539. The molecule has 9 heteroatoms. The zero-order chi connectivity index (χ0) is 18.3. The number of anilines is 1. The van der Waals surface area contributed by atoms with Crippen LogP contribution >= 0.6 is 0 Å². The summed E-state index contributed by atoms with van der Waals surface area (Å²) in [6.45, 7) is 1.66. The Hall–Kier alpha value is -1.87. The molecule has 0 aliphatic carbocycles. The van der Waals surface area contributed by atoms with Crippen LogP contribution in [0.1, 0.15) is 31.5 Å². The zero-order valence-electron chi connectivity index (χ0n) is 14.2. The molecule has 1 aromatic heterocycles. The first-order valence-corrected chi connectivity index (χ1v) is 10.4. The fourth-order valence-electron chi connectivity index (χ4n) is 3.87. The highest BCUT2D eigenvalue weighted by Crippen LogP contribution is 2.31. The minimum Gasteiger partial charge on any atom is -0.354 e. The molecule has 1 aromatic carbocycles. The lowest BCUT2D eigenvalue weighted by atomic mass is 10.0. The Morgan fingerprint density at radius 3 is 2.65 bits per heavy atom. The monoisotopic (exact) mass is 382 g/mol. The van der Waals surface area contributed by atoms with Crippen molar-refractivity contribution in [1.29, 1.82) is 0 Å². The van der Waals surface area contributed by atoms with E-state index in [1.807, 2.05) is 17.0 Å². The van der Waals surface area contributed by atoms with Crippen LogP contribution in [0, 0.1) is 0 Å². The third-order valence-electron chi connectivity index (χ3n) is 5.04. The molecule has 3 heterocycles. The summed E-state index contributed by atoms with van der Waals surface area (Å²) in [5, 5.41) is 0.710. The number of alkyl halides is 2. The maximum Gasteiger partial charge on any atom is 0.297 e. The number of para-hydroxylation sites is 1. The van der Waals surface area contributed by atoms with Crippen LogP contribution in [0.5, 0.6) is 0 Å². The van der Waals surface area contributed by atoms with E-state index >= 15 is 0 Å². The highest BCUT2D eigenvalue weighted by Gasteiger charge is 2.37. The lowest BCUT2D eigenvalue weighted by Gasteiger charge is -2.37. The number of piperidine rings is 1. The minimum absolute atomic E-state index is 0.139. The topological polar surface area (TPSA) is 66.4 Å². The van der Waals surface area contributed by atoms with Gasteiger partial charge in [0.05, 0.1) is 11.3 Å². The van der Waals surface area contributed by atoms with Crippen molar-refractivity contribution in [3.8, 4) is 0 Å². The molecule has 0 radical (unpaired) electrons. The Kier molecular flexibility index (Phi) is 4.52. The number of aromatic nitrogens is 2. The Morgan fingerprint density at radius 1 is 1.12 bits per heavy atom. The number of hydrogen-bond acceptors (Lipinski definition) is 5. The van der Waals surface area contributed by atoms with Gasteiger partial charge in [0, 0.05) is 31.1 Å². The predicted octanol–water partition coefficient (Wildman–Crippen LogP) is 2.57. The maximum atomic E-state index is 13.2. The molecule has 2 aromatic rings. The summed E-state index contributed by atoms with van der Waals surface area (Å²) < 4.78 is 52.5. The fourth-order valence-corrected chi connectivity index (χ4v) is 5.63. The highest BCUT2D eigenvalue weighted by molar-refractivity contribution is 7.89. The van der Waals surface area contributed by atoms with Gasteiger partial charge in [-0.15, -0.1) is 0 Å². The van der Waals surface area contributed by atoms with Gasteiger partial charge in [0.2, 0.25) is 10.0 Å². The molecule has 26 heavy (non-hydrogen) atoms. The van der Waals surface area contributed by atoms with Gasteiger partial charge in [-0.3, -0.25) is 0 Å².